The molecule has 0 saturated heterocycles. The summed E-state index contributed by atoms with van der Waals surface area (Å²) in [7, 11) is 3.72. The van der Waals surface area contributed by atoms with Gasteiger partial charge >= 0.3 is 0 Å². The zero-order valence-electron chi connectivity index (χ0n) is 11.4. The molecule has 1 unspecified atom stereocenters. The summed E-state index contributed by atoms with van der Waals surface area (Å²) in [5.41, 5.74) is 0.929. The van der Waals surface area contributed by atoms with Crippen LogP contribution in [0.2, 0.25) is 0 Å². The summed E-state index contributed by atoms with van der Waals surface area (Å²) in [5, 5.41) is 11.8. The van der Waals surface area contributed by atoms with Gasteiger partial charge in [0.05, 0.1) is 4.90 Å². The number of benzene rings is 1. The molecule has 0 aliphatic heterocycles. The van der Waals surface area contributed by atoms with Gasteiger partial charge < -0.3 is 9.88 Å². The summed E-state index contributed by atoms with van der Waals surface area (Å²) < 4.78 is 15.9. The Morgan fingerprint density at radius 2 is 2.11 bits per heavy atom. The molecular formula is C13H17FN4S. The molecule has 2 rings (SSSR count). The lowest BCUT2D eigenvalue weighted by atomic mass is 10.1. The number of nitrogens with zero attached hydrogens (tertiary/aromatic N) is 3. The molecule has 1 aromatic heterocycles. The van der Waals surface area contributed by atoms with E-state index in [-0.39, 0.29) is 11.9 Å². The molecule has 1 atom stereocenters. The molecule has 0 amide bonds. The fourth-order valence-corrected chi connectivity index (χ4v) is 2.45. The second kappa shape index (κ2) is 5.71. The number of hydrogen-bond donors (Lipinski definition) is 1. The van der Waals surface area contributed by atoms with Crippen molar-refractivity contribution in [3.63, 3.8) is 0 Å². The first-order valence-electron chi connectivity index (χ1n) is 6.03. The minimum absolute atomic E-state index is 0.130. The third-order valence-corrected chi connectivity index (χ3v) is 4.23. The molecular weight excluding hydrogens is 263 g/mol. The van der Waals surface area contributed by atoms with Crippen LogP contribution >= 0.6 is 11.8 Å². The molecule has 0 aliphatic carbocycles. The summed E-state index contributed by atoms with van der Waals surface area (Å²) in [6.07, 6.45) is 0. The van der Waals surface area contributed by atoms with Crippen molar-refractivity contribution < 1.29 is 4.39 Å². The first kappa shape index (κ1) is 14.0. The van der Waals surface area contributed by atoms with Crippen molar-refractivity contribution in [1.29, 1.82) is 0 Å². The van der Waals surface area contributed by atoms with E-state index in [1.54, 1.807) is 12.1 Å². The average Bonchev–Trinajstić information content (AvgIpc) is 2.72. The lowest BCUT2D eigenvalue weighted by molar-refractivity contribution is 0.587. The minimum Gasteiger partial charge on any atom is -0.313 e. The maximum absolute atomic E-state index is 14.1. The van der Waals surface area contributed by atoms with Gasteiger partial charge in [-0.3, -0.25) is 0 Å². The predicted octanol–water partition coefficient (Wildman–Crippen LogP) is 2.69. The maximum atomic E-state index is 14.1. The number of aryl methyl sites for hydroxylation is 1. The van der Waals surface area contributed by atoms with Crippen LogP contribution in [0.15, 0.2) is 28.3 Å². The SMILES string of the molecule is CNC(C)c1ccc(Sc2nnc(C)n2C)c(F)c1. The summed E-state index contributed by atoms with van der Waals surface area (Å²) >= 11 is 1.28. The first-order valence-corrected chi connectivity index (χ1v) is 6.85. The Hall–Kier alpha value is -1.40. The fraction of sp³-hybridized carbons (Fsp3) is 0.385. The zero-order valence-corrected chi connectivity index (χ0v) is 12.3. The van der Waals surface area contributed by atoms with Gasteiger partial charge in [0.2, 0.25) is 0 Å². The molecule has 102 valence electrons. The van der Waals surface area contributed by atoms with Gasteiger partial charge in [-0.05, 0) is 50.4 Å². The van der Waals surface area contributed by atoms with Crippen molar-refractivity contribution in [3.05, 3.63) is 35.4 Å². The molecule has 0 spiro atoms. The van der Waals surface area contributed by atoms with Crippen LogP contribution < -0.4 is 5.32 Å². The molecule has 0 fully saturated rings. The van der Waals surface area contributed by atoms with E-state index >= 15 is 0 Å². The molecule has 1 heterocycles. The van der Waals surface area contributed by atoms with E-state index in [9.17, 15) is 4.39 Å². The number of nitrogens with one attached hydrogen (secondary N) is 1. The summed E-state index contributed by atoms with van der Waals surface area (Å²) in [4.78, 5) is 0.558. The van der Waals surface area contributed by atoms with E-state index in [2.05, 4.69) is 15.5 Å². The smallest absolute Gasteiger partial charge is 0.195 e. The quantitative estimate of drug-likeness (QED) is 0.935. The van der Waals surface area contributed by atoms with Crippen LogP contribution in [-0.4, -0.2) is 21.8 Å². The van der Waals surface area contributed by atoms with Crippen LogP contribution in [0, 0.1) is 12.7 Å². The number of aromatic nitrogens is 3. The van der Waals surface area contributed by atoms with Gasteiger partial charge in [0.15, 0.2) is 5.16 Å². The van der Waals surface area contributed by atoms with Gasteiger partial charge in [-0.15, -0.1) is 10.2 Å². The molecule has 0 radical (unpaired) electrons. The Bertz CT molecular complexity index is 582. The van der Waals surface area contributed by atoms with Crippen molar-refractivity contribution in [3.8, 4) is 0 Å². The Balaban J connectivity index is 2.24. The lowest BCUT2D eigenvalue weighted by Gasteiger charge is -2.11. The van der Waals surface area contributed by atoms with Crippen molar-refractivity contribution in [1.82, 2.24) is 20.1 Å². The molecule has 1 N–H and O–H groups in total. The van der Waals surface area contributed by atoms with Gasteiger partial charge in [0.1, 0.15) is 11.6 Å². The summed E-state index contributed by atoms with van der Waals surface area (Å²) in [6.45, 7) is 3.86. The molecule has 0 bridgehead atoms. The van der Waals surface area contributed by atoms with Crippen LogP contribution in [0.1, 0.15) is 24.4 Å². The Labute approximate surface area is 116 Å². The lowest BCUT2D eigenvalue weighted by Crippen LogP contribution is -2.12. The average molecular weight is 280 g/mol. The largest absolute Gasteiger partial charge is 0.313 e. The highest BCUT2D eigenvalue weighted by Crippen LogP contribution is 2.29. The summed E-state index contributed by atoms with van der Waals surface area (Å²) in [6, 6.07) is 5.40. The predicted molar refractivity (Wildman–Crippen MR) is 73.7 cm³/mol. The maximum Gasteiger partial charge on any atom is 0.195 e. The zero-order chi connectivity index (χ0) is 14.0. The van der Waals surface area contributed by atoms with E-state index in [1.165, 1.54) is 11.8 Å². The molecule has 1 aromatic carbocycles. The van der Waals surface area contributed by atoms with Crippen LogP contribution in [0.25, 0.3) is 0 Å². The monoisotopic (exact) mass is 280 g/mol. The molecule has 2 aromatic rings. The second-order valence-electron chi connectivity index (χ2n) is 4.39. The molecule has 19 heavy (non-hydrogen) atoms. The van der Waals surface area contributed by atoms with Gasteiger partial charge in [-0.1, -0.05) is 6.07 Å². The Kier molecular flexibility index (Phi) is 4.21. The van der Waals surface area contributed by atoms with E-state index in [1.807, 2.05) is 38.6 Å². The highest BCUT2D eigenvalue weighted by atomic mass is 32.2. The van der Waals surface area contributed by atoms with E-state index in [0.29, 0.717) is 10.1 Å². The van der Waals surface area contributed by atoms with E-state index < -0.39 is 0 Å². The third-order valence-electron chi connectivity index (χ3n) is 3.14. The molecule has 0 saturated carbocycles. The van der Waals surface area contributed by atoms with Crippen LogP contribution in [-0.2, 0) is 7.05 Å². The van der Waals surface area contributed by atoms with Crippen LogP contribution in [0.5, 0.6) is 0 Å². The third kappa shape index (κ3) is 2.96. The van der Waals surface area contributed by atoms with Crippen LogP contribution in [0.3, 0.4) is 0 Å². The normalized spacial score (nSPS) is 12.7. The minimum atomic E-state index is -0.231. The van der Waals surface area contributed by atoms with Gasteiger partial charge in [-0.2, -0.15) is 0 Å². The van der Waals surface area contributed by atoms with Crippen molar-refractivity contribution in [2.45, 2.75) is 29.9 Å². The van der Waals surface area contributed by atoms with Gasteiger partial charge in [-0.25, -0.2) is 4.39 Å². The van der Waals surface area contributed by atoms with E-state index in [4.69, 9.17) is 0 Å². The van der Waals surface area contributed by atoms with E-state index in [0.717, 1.165) is 11.4 Å². The number of rotatable bonds is 4. The van der Waals surface area contributed by atoms with Crippen molar-refractivity contribution >= 4 is 11.8 Å². The van der Waals surface area contributed by atoms with Gasteiger partial charge in [0.25, 0.3) is 0 Å². The van der Waals surface area contributed by atoms with Crippen molar-refractivity contribution in [2.24, 2.45) is 7.05 Å². The number of halogens is 1. The molecule has 4 nitrogen and oxygen atoms in total. The number of hydrogen-bond acceptors (Lipinski definition) is 4. The second-order valence-corrected chi connectivity index (χ2v) is 5.40. The summed E-state index contributed by atoms with van der Waals surface area (Å²) in [5.74, 6) is 0.577. The Morgan fingerprint density at radius 1 is 1.37 bits per heavy atom. The topological polar surface area (TPSA) is 42.7 Å². The van der Waals surface area contributed by atoms with Crippen LogP contribution in [0.4, 0.5) is 4.39 Å². The highest BCUT2D eigenvalue weighted by molar-refractivity contribution is 7.99. The fourth-order valence-electron chi connectivity index (χ4n) is 1.61. The Morgan fingerprint density at radius 3 is 2.63 bits per heavy atom. The molecule has 0 aliphatic rings. The van der Waals surface area contributed by atoms with Crippen molar-refractivity contribution in [2.75, 3.05) is 7.05 Å². The van der Waals surface area contributed by atoms with Gasteiger partial charge in [0, 0.05) is 13.1 Å². The molecule has 6 heteroatoms. The standard InChI is InChI=1S/C13H17FN4S/c1-8(15-3)10-5-6-12(11(14)7-10)19-13-17-16-9(2)18(13)4/h5-8,15H,1-4H3. The highest BCUT2D eigenvalue weighted by Gasteiger charge is 2.12. The first-order chi connectivity index (χ1) is 9.02.